The molecule has 0 radical (unpaired) electrons. The quantitative estimate of drug-likeness (QED) is 0.536. The van der Waals surface area contributed by atoms with E-state index in [9.17, 15) is 9.59 Å². The number of nitrogens with one attached hydrogen (secondary N) is 1. The van der Waals surface area contributed by atoms with Gasteiger partial charge in [-0.3, -0.25) is 18.9 Å². The molecule has 1 amide bonds. The number of anilines is 2. The van der Waals surface area contributed by atoms with Crippen molar-refractivity contribution >= 4 is 39.6 Å². The summed E-state index contributed by atoms with van der Waals surface area (Å²) >= 11 is 0. The fourth-order valence-electron chi connectivity index (χ4n) is 4.44. The highest BCUT2D eigenvalue weighted by Gasteiger charge is 2.26. The maximum Gasteiger partial charge on any atom is 0.330 e. The monoisotopic (exact) mass is 431 g/mol. The van der Waals surface area contributed by atoms with E-state index >= 15 is 0 Å². The number of hydrogen-bond acceptors (Lipinski definition) is 6. The average Bonchev–Trinajstić information content (AvgIpc) is 3.04. The number of aryl methyl sites for hydroxylation is 2. The van der Waals surface area contributed by atoms with Gasteiger partial charge in [0.05, 0.1) is 11.7 Å². The molecule has 4 aromatic rings. The molecule has 0 bridgehead atoms. The second kappa shape index (κ2) is 7.74. The van der Waals surface area contributed by atoms with Crippen LogP contribution >= 0.6 is 0 Å². The standard InChI is InChI=1S/C23H25N7O2/c1-14-11-19-16(5-4-8-24-19)12-18(14)26-22-25-13-20-21(27-22)30(23(32)28(20)3)17-6-9-29(10-7-17)15(2)31/h4-5,8,11-13,17H,6-7,9-10H2,1-3H3,(H,25,26,27). The van der Waals surface area contributed by atoms with Crippen LogP contribution in [0.1, 0.15) is 31.4 Å². The zero-order valence-corrected chi connectivity index (χ0v) is 18.4. The lowest BCUT2D eigenvalue weighted by molar-refractivity contribution is -0.130. The molecule has 1 aliphatic rings. The number of pyridine rings is 1. The molecule has 0 atom stereocenters. The maximum absolute atomic E-state index is 13.0. The van der Waals surface area contributed by atoms with Crippen molar-refractivity contribution in [2.75, 3.05) is 18.4 Å². The van der Waals surface area contributed by atoms with Crippen molar-refractivity contribution in [2.45, 2.75) is 32.7 Å². The minimum absolute atomic E-state index is 0.00182. The molecule has 1 aromatic carbocycles. The number of aromatic nitrogens is 5. The van der Waals surface area contributed by atoms with Crippen LogP contribution < -0.4 is 11.0 Å². The highest BCUT2D eigenvalue weighted by Crippen LogP contribution is 2.27. The van der Waals surface area contributed by atoms with Gasteiger partial charge in [-0.05, 0) is 43.5 Å². The van der Waals surface area contributed by atoms with Gasteiger partial charge in [0, 0.05) is 50.4 Å². The third-order valence-corrected chi connectivity index (χ3v) is 6.30. The molecule has 1 N–H and O–H groups in total. The van der Waals surface area contributed by atoms with Gasteiger partial charge in [0.15, 0.2) is 5.65 Å². The van der Waals surface area contributed by atoms with Crippen molar-refractivity contribution < 1.29 is 4.79 Å². The van der Waals surface area contributed by atoms with E-state index in [0.717, 1.165) is 35.0 Å². The van der Waals surface area contributed by atoms with E-state index in [2.05, 4.69) is 15.3 Å². The van der Waals surface area contributed by atoms with Crippen LogP contribution in [0.3, 0.4) is 0 Å². The van der Waals surface area contributed by atoms with Crippen LogP contribution in [0.25, 0.3) is 22.1 Å². The summed E-state index contributed by atoms with van der Waals surface area (Å²) in [4.78, 5) is 40.1. The number of imidazole rings is 1. The summed E-state index contributed by atoms with van der Waals surface area (Å²) in [6.07, 6.45) is 4.91. The number of carbonyl (C=O) groups is 1. The van der Waals surface area contributed by atoms with Crippen molar-refractivity contribution in [1.82, 2.24) is 29.0 Å². The number of hydrogen-bond donors (Lipinski definition) is 1. The van der Waals surface area contributed by atoms with Crippen LogP contribution in [-0.2, 0) is 11.8 Å². The first-order valence-corrected chi connectivity index (χ1v) is 10.7. The molecule has 32 heavy (non-hydrogen) atoms. The van der Waals surface area contributed by atoms with E-state index in [1.54, 1.807) is 35.5 Å². The van der Waals surface area contributed by atoms with Crippen LogP contribution in [0.15, 0.2) is 41.5 Å². The highest BCUT2D eigenvalue weighted by molar-refractivity contribution is 5.85. The first-order chi connectivity index (χ1) is 15.4. The Balaban J connectivity index is 1.51. The van der Waals surface area contributed by atoms with Crippen molar-refractivity contribution in [2.24, 2.45) is 7.05 Å². The number of fused-ring (bicyclic) bond motifs is 2. The molecule has 164 valence electrons. The van der Waals surface area contributed by atoms with Gasteiger partial charge >= 0.3 is 5.69 Å². The van der Waals surface area contributed by atoms with Crippen molar-refractivity contribution in [3.05, 3.63) is 52.7 Å². The number of carbonyl (C=O) groups excluding carboxylic acids is 1. The van der Waals surface area contributed by atoms with Gasteiger partial charge in [-0.15, -0.1) is 0 Å². The molecular weight excluding hydrogens is 406 g/mol. The lowest BCUT2D eigenvalue weighted by Crippen LogP contribution is -2.39. The van der Waals surface area contributed by atoms with Crippen molar-refractivity contribution in [3.8, 4) is 0 Å². The summed E-state index contributed by atoms with van der Waals surface area (Å²) < 4.78 is 3.35. The molecule has 0 aliphatic carbocycles. The van der Waals surface area contributed by atoms with Gasteiger partial charge in [-0.2, -0.15) is 4.98 Å². The summed E-state index contributed by atoms with van der Waals surface area (Å²) in [5.74, 6) is 0.507. The second-order valence-corrected chi connectivity index (χ2v) is 8.34. The highest BCUT2D eigenvalue weighted by atomic mass is 16.2. The smallest absolute Gasteiger partial charge is 0.330 e. The molecule has 0 unspecified atom stereocenters. The Morgan fingerprint density at radius 2 is 1.97 bits per heavy atom. The van der Waals surface area contributed by atoms with Gasteiger partial charge in [-0.1, -0.05) is 6.07 Å². The Morgan fingerprint density at radius 1 is 1.19 bits per heavy atom. The normalized spacial score (nSPS) is 14.9. The molecule has 4 heterocycles. The Labute approximate surface area is 184 Å². The number of nitrogens with zero attached hydrogens (tertiary/aromatic N) is 6. The largest absolute Gasteiger partial charge is 0.343 e. The SMILES string of the molecule is CC(=O)N1CCC(n2c(=O)n(C)c3cnc(Nc4cc5cccnc5cc4C)nc32)CC1. The minimum Gasteiger partial charge on any atom is -0.343 e. The van der Waals surface area contributed by atoms with E-state index in [4.69, 9.17) is 4.98 Å². The van der Waals surface area contributed by atoms with E-state index in [1.165, 1.54) is 0 Å². The van der Waals surface area contributed by atoms with Crippen LogP contribution in [0.5, 0.6) is 0 Å². The summed E-state index contributed by atoms with van der Waals surface area (Å²) in [5, 5.41) is 4.33. The zero-order valence-electron chi connectivity index (χ0n) is 18.4. The Bertz CT molecular complexity index is 1400. The Morgan fingerprint density at radius 3 is 2.72 bits per heavy atom. The molecule has 1 saturated heterocycles. The molecule has 1 aliphatic heterocycles. The maximum atomic E-state index is 13.0. The van der Waals surface area contributed by atoms with Gasteiger partial charge < -0.3 is 10.2 Å². The van der Waals surface area contributed by atoms with Crippen molar-refractivity contribution in [3.63, 3.8) is 0 Å². The lowest BCUT2D eigenvalue weighted by Gasteiger charge is -2.31. The van der Waals surface area contributed by atoms with Crippen LogP contribution in [-0.4, -0.2) is 48.0 Å². The molecule has 3 aromatic heterocycles. The lowest BCUT2D eigenvalue weighted by atomic mass is 10.0. The average molecular weight is 432 g/mol. The molecular formula is C23H25N7O2. The third kappa shape index (κ3) is 3.39. The summed E-state index contributed by atoms with van der Waals surface area (Å²) in [6.45, 7) is 4.88. The van der Waals surface area contributed by atoms with Gasteiger partial charge in [0.1, 0.15) is 5.52 Å². The van der Waals surface area contributed by atoms with Crippen LogP contribution in [0, 0.1) is 6.92 Å². The fourth-order valence-corrected chi connectivity index (χ4v) is 4.44. The predicted molar refractivity (Wildman–Crippen MR) is 123 cm³/mol. The zero-order chi connectivity index (χ0) is 22.4. The Kier molecular flexibility index (Phi) is 4.88. The van der Waals surface area contributed by atoms with Crippen molar-refractivity contribution in [1.29, 1.82) is 0 Å². The van der Waals surface area contributed by atoms with E-state index in [-0.39, 0.29) is 17.6 Å². The molecule has 9 heteroatoms. The van der Waals surface area contributed by atoms with Gasteiger partial charge in [-0.25, -0.2) is 9.78 Å². The second-order valence-electron chi connectivity index (χ2n) is 8.34. The summed E-state index contributed by atoms with van der Waals surface area (Å²) in [6, 6.07) is 7.97. The topological polar surface area (TPSA) is 97.9 Å². The summed E-state index contributed by atoms with van der Waals surface area (Å²) in [7, 11) is 1.74. The predicted octanol–water partition coefficient (Wildman–Crippen LogP) is 2.91. The fraction of sp³-hybridized carbons (Fsp3) is 0.348. The van der Waals surface area contributed by atoms with Crippen LogP contribution in [0.4, 0.5) is 11.6 Å². The number of piperidine rings is 1. The molecule has 0 spiro atoms. The first kappa shape index (κ1) is 20.2. The number of benzene rings is 1. The molecule has 5 rings (SSSR count). The molecule has 1 fully saturated rings. The van der Waals surface area contributed by atoms with E-state index < -0.39 is 0 Å². The first-order valence-electron chi connectivity index (χ1n) is 10.7. The van der Waals surface area contributed by atoms with E-state index in [1.807, 2.05) is 36.1 Å². The summed E-state index contributed by atoms with van der Waals surface area (Å²) in [5.41, 5.74) is 4.04. The number of amides is 1. The van der Waals surface area contributed by atoms with Gasteiger partial charge in [0.2, 0.25) is 11.9 Å². The van der Waals surface area contributed by atoms with Gasteiger partial charge in [0.25, 0.3) is 0 Å². The number of likely N-dealkylation sites (tertiary alicyclic amines) is 1. The third-order valence-electron chi connectivity index (χ3n) is 6.30. The number of rotatable bonds is 3. The minimum atomic E-state index is -0.110. The van der Waals surface area contributed by atoms with Crippen LogP contribution in [0.2, 0.25) is 0 Å². The molecule has 9 nitrogen and oxygen atoms in total. The molecule has 0 saturated carbocycles. The Hall–Kier alpha value is -3.75. The van der Waals surface area contributed by atoms with E-state index in [0.29, 0.717) is 30.2 Å².